The van der Waals surface area contributed by atoms with Gasteiger partial charge in [-0.3, -0.25) is 4.68 Å². The van der Waals surface area contributed by atoms with E-state index in [0.717, 1.165) is 35.2 Å². The number of anilines is 1. The van der Waals surface area contributed by atoms with Crippen molar-refractivity contribution in [2.45, 2.75) is 47.0 Å². The third-order valence-corrected chi connectivity index (χ3v) is 5.49. The molecule has 1 aliphatic heterocycles. The Hall–Kier alpha value is -1.95. The van der Waals surface area contributed by atoms with Crippen LogP contribution in [-0.2, 0) is 7.05 Å². The number of aryl methyl sites for hydroxylation is 2. The van der Waals surface area contributed by atoms with Gasteiger partial charge in [0.15, 0.2) is 0 Å². The van der Waals surface area contributed by atoms with Crippen LogP contribution >= 0.6 is 0 Å². The van der Waals surface area contributed by atoms with Gasteiger partial charge >= 0.3 is 0 Å². The average molecular weight is 371 g/mol. The molecule has 6 nitrogen and oxygen atoms in total. The maximum atomic E-state index is 4.38. The highest BCUT2D eigenvalue weighted by Crippen LogP contribution is 2.23. The van der Waals surface area contributed by atoms with Crippen LogP contribution in [-0.4, -0.2) is 51.1 Å². The first kappa shape index (κ1) is 19.8. The molecule has 27 heavy (non-hydrogen) atoms. The molecule has 0 atom stereocenters. The number of aromatic nitrogens is 4. The molecule has 6 heteroatoms. The summed E-state index contributed by atoms with van der Waals surface area (Å²) in [6.45, 7) is 13.7. The lowest BCUT2D eigenvalue weighted by Gasteiger charge is -2.33. The second kappa shape index (κ2) is 8.38. The van der Waals surface area contributed by atoms with Gasteiger partial charge in [0, 0.05) is 13.6 Å². The topological polar surface area (TPSA) is 58.9 Å². The number of nitrogens with zero attached hydrogens (tertiary/aromatic N) is 5. The normalized spacial score (nSPS) is 16.6. The molecule has 1 aliphatic rings. The van der Waals surface area contributed by atoms with E-state index in [4.69, 9.17) is 0 Å². The number of likely N-dealkylation sites (tertiary alicyclic amines) is 1. The fourth-order valence-electron chi connectivity index (χ4n) is 3.62. The highest BCUT2D eigenvalue weighted by atomic mass is 15.3. The predicted molar refractivity (Wildman–Crippen MR) is 111 cm³/mol. The fourth-order valence-corrected chi connectivity index (χ4v) is 3.62. The molecule has 1 saturated heterocycles. The fraction of sp³-hybridized carbons (Fsp3) is 0.667. The standard InChI is InChI=1S/C21H34N6/c1-16-14-23-26(5)20(16)18-6-7-19(25-24-18)22-15-17-8-11-27(12-9-17)13-10-21(2,3)4/h6-7,14,17H,8-13,15H2,1-5H3,(H,22,25). The lowest BCUT2D eigenvalue weighted by atomic mass is 9.91. The van der Waals surface area contributed by atoms with Gasteiger partial charge in [-0.2, -0.15) is 5.10 Å². The molecular formula is C21H34N6. The first-order valence-corrected chi connectivity index (χ1v) is 10.1. The van der Waals surface area contributed by atoms with E-state index in [1.54, 1.807) is 0 Å². The van der Waals surface area contributed by atoms with Crippen LogP contribution in [0.25, 0.3) is 11.4 Å². The van der Waals surface area contributed by atoms with E-state index in [0.29, 0.717) is 5.41 Å². The summed E-state index contributed by atoms with van der Waals surface area (Å²) >= 11 is 0. The number of piperidine rings is 1. The molecule has 0 bridgehead atoms. The van der Waals surface area contributed by atoms with Gasteiger partial charge < -0.3 is 10.2 Å². The quantitative estimate of drug-likeness (QED) is 0.839. The third-order valence-electron chi connectivity index (χ3n) is 5.49. The zero-order valence-electron chi connectivity index (χ0n) is 17.5. The maximum absolute atomic E-state index is 4.38. The van der Waals surface area contributed by atoms with Gasteiger partial charge in [-0.05, 0) is 74.8 Å². The molecule has 0 spiro atoms. The largest absolute Gasteiger partial charge is 0.368 e. The van der Waals surface area contributed by atoms with Gasteiger partial charge in [0.2, 0.25) is 0 Å². The van der Waals surface area contributed by atoms with Crippen molar-refractivity contribution in [3.8, 4) is 11.4 Å². The monoisotopic (exact) mass is 370 g/mol. The second-order valence-electron chi connectivity index (χ2n) is 9.08. The van der Waals surface area contributed by atoms with Crippen molar-refractivity contribution in [1.29, 1.82) is 0 Å². The molecule has 0 amide bonds. The molecule has 0 radical (unpaired) electrons. The summed E-state index contributed by atoms with van der Waals surface area (Å²) in [5.74, 6) is 1.57. The van der Waals surface area contributed by atoms with Crippen LogP contribution in [0, 0.1) is 18.3 Å². The Morgan fingerprint density at radius 3 is 2.44 bits per heavy atom. The van der Waals surface area contributed by atoms with Crippen molar-refractivity contribution < 1.29 is 0 Å². The van der Waals surface area contributed by atoms with Crippen molar-refractivity contribution in [2.24, 2.45) is 18.4 Å². The van der Waals surface area contributed by atoms with Crippen LogP contribution in [0.4, 0.5) is 5.82 Å². The van der Waals surface area contributed by atoms with Gasteiger partial charge in [-0.15, -0.1) is 10.2 Å². The highest BCUT2D eigenvalue weighted by molar-refractivity contribution is 5.59. The summed E-state index contributed by atoms with van der Waals surface area (Å²) in [5.41, 5.74) is 3.43. The van der Waals surface area contributed by atoms with E-state index < -0.39 is 0 Å². The molecule has 3 heterocycles. The second-order valence-corrected chi connectivity index (χ2v) is 9.08. The Bertz CT molecular complexity index is 701. The lowest BCUT2D eigenvalue weighted by Crippen LogP contribution is -2.37. The number of rotatable bonds is 6. The molecule has 2 aromatic heterocycles. The summed E-state index contributed by atoms with van der Waals surface area (Å²) in [4.78, 5) is 2.62. The summed E-state index contributed by atoms with van der Waals surface area (Å²) in [6, 6.07) is 4.04. The smallest absolute Gasteiger partial charge is 0.148 e. The summed E-state index contributed by atoms with van der Waals surface area (Å²) < 4.78 is 1.85. The molecule has 1 N–H and O–H groups in total. The third kappa shape index (κ3) is 5.51. The van der Waals surface area contributed by atoms with Crippen LogP contribution in [0.1, 0.15) is 45.6 Å². The molecule has 2 aromatic rings. The minimum absolute atomic E-state index is 0.428. The van der Waals surface area contributed by atoms with Gasteiger partial charge in [-0.1, -0.05) is 20.8 Å². The van der Waals surface area contributed by atoms with Crippen molar-refractivity contribution in [3.05, 3.63) is 23.9 Å². The molecule has 0 aliphatic carbocycles. The highest BCUT2D eigenvalue weighted by Gasteiger charge is 2.21. The summed E-state index contributed by atoms with van der Waals surface area (Å²) in [5, 5.41) is 16.5. The van der Waals surface area contributed by atoms with Gasteiger partial charge in [0.25, 0.3) is 0 Å². The first-order valence-electron chi connectivity index (χ1n) is 10.1. The average Bonchev–Trinajstić information content (AvgIpc) is 2.97. The Morgan fingerprint density at radius 1 is 1.15 bits per heavy atom. The maximum Gasteiger partial charge on any atom is 0.148 e. The van der Waals surface area contributed by atoms with E-state index in [-0.39, 0.29) is 0 Å². The van der Waals surface area contributed by atoms with Crippen LogP contribution in [0.3, 0.4) is 0 Å². The first-order chi connectivity index (χ1) is 12.8. The lowest BCUT2D eigenvalue weighted by molar-refractivity contribution is 0.167. The van der Waals surface area contributed by atoms with Crippen LogP contribution in [0.5, 0.6) is 0 Å². The molecule has 3 rings (SSSR count). The zero-order chi connectivity index (χ0) is 19.4. The van der Waals surface area contributed by atoms with Crippen molar-refractivity contribution in [1.82, 2.24) is 24.9 Å². The van der Waals surface area contributed by atoms with Crippen LogP contribution in [0.15, 0.2) is 18.3 Å². The van der Waals surface area contributed by atoms with E-state index >= 15 is 0 Å². The van der Waals surface area contributed by atoms with E-state index in [2.05, 4.69) is 46.3 Å². The molecule has 0 unspecified atom stereocenters. The van der Waals surface area contributed by atoms with Crippen molar-refractivity contribution >= 4 is 5.82 Å². The summed E-state index contributed by atoms with van der Waals surface area (Å²) in [7, 11) is 1.93. The van der Waals surface area contributed by atoms with E-state index in [9.17, 15) is 0 Å². The SMILES string of the molecule is Cc1cnn(C)c1-c1ccc(NCC2CCN(CCC(C)(C)C)CC2)nn1. The minimum atomic E-state index is 0.428. The molecule has 0 saturated carbocycles. The molecular weight excluding hydrogens is 336 g/mol. The Balaban J connectivity index is 1.45. The number of hydrogen-bond donors (Lipinski definition) is 1. The summed E-state index contributed by atoms with van der Waals surface area (Å²) in [6.07, 6.45) is 5.65. The van der Waals surface area contributed by atoms with Crippen molar-refractivity contribution in [3.63, 3.8) is 0 Å². The van der Waals surface area contributed by atoms with E-state index in [1.165, 1.54) is 38.9 Å². The van der Waals surface area contributed by atoms with Crippen LogP contribution in [0.2, 0.25) is 0 Å². The molecule has 0 aromatic carbocycles. The van der Waals surface area contributed by atoms with Crippen molar-refractivity contribution in [2.75, 3.05) is 31.5 Å². The zero-order valence-corrected chi connectivity index (χ0v) is 17.5. The number of nitrogens with one attached hydrogen (secondary N) is 1. The van der Waals surface area contributed by atoms with E-state index in [1.807, 2.05) is 37.0 Å². The van der Waals surface area contributed by atoms with Crippen LogP contribution < -0.4 is 5.32 Å². The van der Waals surface area contributed by atoms with Gasteiger partial charge in [-0.25, -0.2) is 0 Å². The number of hydrogen-bond acceptors (Lipinski definition) is 5. The molecule has 1 fully saturated rings. The molecule has 148 valence electrons. The predicted octanol–water partition coefficient (Wildman–Crippen LogP) is 3.75. The Kier molecular flexibility index (Phi) is 6.15. The van der Waals surface area contributed by atoms with Gasteiger partial charge in [0.05, 0.1) is 11.9 Å². The Morgan fingerprint density at radius 2 is 1.89 bits per heavy atom. The minimum Gasteiger partial charge on any atom is -0.368 e. The Labute approximate surface area is 163 Å². The van der Waals surface area contributed by atoms with Gasteiger partial charge in [0.1, 0.15) is 11.5 Å².